The smallest absolute Gasteiger partial charge is 0.270 e. The third-order valence-corrected chi connectivity index (χ3v) is 4.16. The highest BCUT2D eigenvalue weighted by Gasteiger charge is 2.35. The zero-order valence-corrected chi connectivity index (χ0v) is 10.9. The second-order valence-electron chi connectivity index (χ2n) is 5.08. The van der Waals surface area contributed by atoms with Crippen molar-refractivity contribution in [1.29, 1.82) is 0 Å². The molecule has 1 N–H and O–H groups in total. The van der Waals surface area contributed by atoms with Crippen LogP contribution in [-0.2, 0) is 0 Å². The highest BCUT2D eigenvalue weighted by molar-refractivity contribution is 6.30. The first-order chi connectivity index (χ1) is 8.72. The van der Waals surface area contributed by atoms with Crippen LogP contribution in [0.25, 0.3) is 0 Å². The summed E-state index contributed by atoms with van der Waals surface area (Å²) < 4.78 is 0. The molecule has 1 atom stereocenters. The van der Waals surface area contributed by atoms with Crippen LogP contribution < -0.4 is 5.32 Å². The third kappa shape index (κ3) is 2.35. The monoisotopic (exact) mass is 265 g/mol. The van der Waals surface area contributed by atoms with Crippen molar-refractivity contribution in [1.82, 2.24) is 15.2 Å². The highest BCUT2D eigenvalue weighted by Crippen LogP contribution is 2.27. The van der Waals surface area contributed by atoms with Crippen LogP contribution in [0.1, 0.15) is 23.3 Å². The quantitative estimate of drug-likeness (QED) is 0.883. The molecule has 1 amide bonds. The van der Waals surface area contributed by atoms with Crippen LogP contribution in [0.2, 0.25) is 5.02 Å². The maximum atomic E-state index is 12.1. The number of nitrogens with zero attached hydrogens (tertiary/aromatic N) is 2. The Bertz CT molecular complexity index is 457. The summed E-state index contributed by atoms with van der Waals surface area (Å²) in [6.45, 7) is 3.32. The number of fused-ring (bicyclic) bond motifs is 3. The second-order valence-corrected chi connectivity index (χ2v) is 5.51. The van der Waals surface area contributed by atoms with E-state index in [1.54, 1.807) is 18.3 Å². The Morgan fingerprint density at radius 2 is 2.22 bits per heavy atom. The molecule has 18 heavy (non-hydrogen) atoms. The standard InChI is InChI=1S/C13H16ClN3O/c14-10-1-4-15-11(7-10)13(18)16-12-8-17-5-2-9(12)3-6-17/h1,4,7,9,12H,2-3,5-6,8H2,(H,16,18). The van der Waals surface area contributed by atoms with Crippen LogP contribution in [0.15, 0.2) is 18.3 Å². The number of halogens is 1. The van der Waals surface area contributed by atoms with Crippen LogP contribution in [0, 0.1) is 5.92 Å². The normalized spacial score (nSPS) is 30.2. The van der Waals surface area contributed by atoms with E-state index in [-0.39, 0.29) is 11.9 Å². The molecule has 4 rings (SSSR count). The minimum absolute atomic E-state index is 0.115. The van der Waals surface area contributed by atoms with Crippen molar-refractivity contribution in [3.05, 3.63) is 29.0 Å². The molecular weight excluding hydrogens is 250 g/mol. The summed E-state index contributed by atoms with van der Waals surface area (Å²) in [5, 5.41) is 3.64. The fourth-order valence-electron chi connectivity index (χ4n) is 2.90. The number of carbonyl (C=O) groups is 1. The summed E-state index contributed by atoms with van der Waals surface area (Å²) in [6.07, 6.45) is 3.94. The molecule has 3 saturated heterocycles. The molecule has 0 aliphatic carbocycles. The van der Waals surface area contributed by atoms with Gasteiger partial charge in [-0.2, -0.15) is 0 Å². The van der Waals surface area contributed by atoms with Crippen molar-refractivity contribution in [2.24, 2.45) is 5.92 Å². The van der Waals surface area contributed by atoms with Gasteiger partial charge in [0.15, 0.2) is 0 Å². The maximum Gasteiger partial charge on any atom is 0.270 e. The van der Waals surface area contributed by atoms with Gasteiger partial charge in [0.2, 0.25) is 0 Å². The highest BCUT2D eigenvalue weighted by atomic mass is 35.5. The first kappa shape index (κ1) is 11.9. The molecule has 3 aliphatic rings. The lowest BCUT2D eigenvalue weighted by molar-refractivity contribution is 0.0618. The van der Waals surface area contributed by atoms with Crippen LogP contribution >= 0.6 is 11.6 Å². The minimum Gasteiger partial charge on any atom is -0.346 e. The molecular formula is C13H16ClN3O. The van der Waals surface area contributed by atoms with Gasteiger partial charge in [-0.25, -0.2) is 0 Å². The predicted octanol–water partition coefficient (Wildman–Crippen LogP) is 1.56. The Morgan fingerprint density at radius 3 is 2.83 bits per heavy atom. The van der Waals surface area contributed by atoms with Gasteiger partial charge < -0.3 is 10.2 Å². The molecule has 1 aromatic heterocycles. The van der Waals surface area contributed by atoms with Crippen molar-refractivity contribution >= 4 is 17.5 Å². The lowest BCUT2D eigenvalue weighted by atomic mass is 9.84. The van der Waals surface area contributed by atoms with Gasteiger partial charge in [0.1, 0.15) is 5.69 Å². The number of amides is 1. The van der Waals surface area contributed by atoms with E-state index < -0.39 is 0 Å². The minimum atomic E-state index is -0.115. The SMILES string of the molecule is O=C(NC1CN2CCC1CC2)c1cc(Cl)ccn1. The van der Waals surface area contributed by atoms with Gasteiger partial charge in [-0.3, -0.25) is 9.78 Å². The predicted molar refractivity (Wildman–Crippen MR) is 69.7 cm³/mol. The van der Waals surface area contributed by atoms with Crippen molar-refractivity contribution in [3.8, 4) is 0 Å². The summed E-state index contributed by atoms with van der Waals surface area (Å²) in [5.74, 6) is 0.509. The zero-order valence-electron chi connectivity index (χ0n) is 10.1. The number of pyridine rings is 1. The van der Waals surface area contributed by atoms with E-state index in [4.69, 9.17) is 11.6 Å². The first-order valence-electron chi connectivity index (χ1n) is 6.37. The largest absolute Gasteiger partial charge is 0.346 e. The summed E-state index contributed by atoms with van der Waals surface area (Å²) in [4.78, 5) is 18.6. The number of hydrogen-bond acceptors (Lipinski definition) is 3. The van der Waals surface area contributed by atoms with Gasteiger partial charge in [-0.1, -0.05) is 11.6 Å². The van der Waals surface area contributed by atoms with E-state index in [1.807, 2.05) is 0 Å². The van der Waals surface area contributed by atoms with Gasteiger partial charge >= 0.3 is 0 Å². The van der Waals surface area contributed by atoms with Crippen molar-refractivity contribution in [2.75, 3.05) is 19.6 Å². The molecule has 96 valence electrons. The molecule has 0 aromatic carbocycles. The zero-order chi connectivity index (χ0) is 12.5. The van der Waals surface area contributed by atoms with E-state index in [1.165, 1.54) is 25.9 Å². The molecule has 0 radical (unpaired) electrons. The number of aromatic nitrogens is 1. The molecule has 2 bridgehead atoms. The molecule has 4 heterocycles. The van der Waals surface area contributed by atoms with Crippen LogP contribution in [0.3, 0.4) is 0 Å². The lowest BCUT2D eigenvalue weighted by Gasteiger charge is -2.44. The summed E-state index contributed by atoms with van der Waals surface area (Å²) >= 11 is 5.87. The molecule has 1 aromatic rings. The van der Waals surface area contributed by atoms with Gasteiger partial charge in [-0.05, 0) is 44.0 Å². The number of rotatable bonds is 2. The third-order valence-electron chi connectivity index (χ3n) is 3.93. The number of carbonyl (C=O) groups excluding carboxylic acids is 1. The summed E-state index contributed by atoms with van der Waals surface area (Å²) in [5.41, 5.74) is 0.402. The fraction of sp³-hybridized carbons (Fsp3) is 0.538. The van der Waals surface area contributed by atoms with E-state index in [2.05, 4.69) is 15.2 Å². The Balaban J connectivity index is 1.68. The van der Waals surface area contributed by atoms with Gasteiger partial charge in [0.25, 0.3) is 5.91 Å². The van der Waals surface area contributed by atoms with Gasteiger partial charge in [0, 0.05) is 23.8 Å². The van der Waals surface area contributed by atoms with Crippen LogP contribution in [-0.4, -0.2) is 41.5 Å². The number of hydrogen-bond donors (Lipinski definition) is 1. The topological polar surface area (TPSA) is 45.2 Å². The van der Waals surface area contributed by atoms with E-state index in [0.29, 0.717) is 16.6 Å². The molecule has 3 aliphatic heterocycles. The van der Waals surface area contributed by atoms with Crippen molar-refractivity contribution < 1.29 is 4.79 Å². The molecule has 5 heteroatoms. The van der Waals surface area contributed by atoms with Crippen LogP contribution in [0.4, 0.5) is 0 Å². The lowest BCUT2D eigenvalue weighted by Crippen LogP contribution is -2.57. The number of nitrogens with one attached hydrogen (secondary N) is 1. The second kappa shape index (κ2) is 4.86. The van der Waals surface area contributed by atoms with E-state index in [0.717, 1.165) is 6.54 Å². The van der Waals surface area contributed by atoms with Gasteiger partial charge in [0.05, 0.1) is 0 Å². The maximum absolute atomic E-state index is 12.1. The average molecular weight is 266 g/mol. The number of piperidine rings is 3. The van der Waals surface area contributed by atoms with Crippen molar-refractivity contribution in [2.45, 2.75) is 18.9 Å². The Kier molecular flexibility index (Phi) is 3.22. The average Bonchev–Trinajstić information content (AvgIpc) is 2.40. The molecule has 0 saturated carbocycles. The van der Waals surface area contributed by atoms with Gasteiger partial charge in [-0.15, -0.1) is 0 Å². The first-order valence-corrected chi connectivity index (χ1v) is 6.75. The Hall–Kier alpha value is -1.13. The van der Waals surface area contributed by atoms with Crippen molar-refractivity contribution in [3.63, 3.8) is 0 Å². The molecule has 1 unspecified atom stereocenters. The molecule has 0 spiro atoms. The summed E-state index contributed by atoms with van der Waals surface area (Å²) in [7, 11) is 0. The fourth-order valence-corrected chi connectivity index (χ4v) is 3.06. The summed E-state index contributed by atoms with van der Waals surface area (Å²) in [6, 6.07) is 3.55. The molecule has 3 fully saturated rings. The Morgan fingerprint density at radius 1 is 1.44 bits per heavy atom. The Labute approximate surface area is 111 Å². The molecule has 4 nitrogen and oxygen atoms in total. The van der Waals surface area contributed by atoms with E-state index in [9.17, 15) is 4.79 Å². The van der Waals surface area contributed by atoms with Crippen LogP contribution in [0.5, 0.6) is 0 Å². The van der Waals surface area contributed by atoms with E-state index >= 15 is 0 Å².